The van der Waals surface area contributed by atoms with Crippen molar-refractivity contribution in [3.63, 3.8) is 0 Å². The van der Waals surface area contributed by atoms with Gasteiger partial charge < -0.3 is 25.1 Å². The lowest BCUT2D eigenvalue weighted by Crippen LogP contribution is -2.36. The molecule has 0 aliphatic heterocycles. The van der Waals surface area contributed by atoms with Crippen molar-refractivity contribution in [1.82, 2.24) is 5.32 Å². The van der Waals surface area contributed by atoms with Crippen LogP contribution >= 0.6 is 0 Å². The molecular formula is C10H17NO4-2. The molecule has 1 N–H and O–H groups in total. The molecule has 0 radical (unpaired) electrons. The maximum atomic E-state index is 9.72. The lowest BCUT2D eigenvalue weighted by molar-refractivity contribution is -0.299. The number of carbonyl (C=O) groups excluding carboxylic acids is 2. The Bertz CT molecular complexity index is 213. The Morgan fingerprint density at radius 2 is 1.80 bits per heavy atom. The van der Waals surface area contributed by atoms with E-state index in [9.17, 15) is 19.8 Å². The average Bonchev–Trinajstić information content (AvgIpc) is 2.17. The first-order valence-corrected chi connectivity index (χ1v) is 4.79. The molecule has 0 bridgehead atoms. The molecular weight excluding hydrogens is 198 g/mol. The fourth-order valence-electron chi connectivity index (χ4n) is 0.512. The Labute approximate surface area is 89.8 Å². The van der Waals surface area contributed by atoms with Gasteiger partial charge in [0, 0.05) is 6.54 Å². The standard InChI is InChI=1S/C5H11NO2.C5H8O2/c1-2-3-4-6-5(7)8;1-3-4(2)5(6)7/h6H,2-4H2,1H3,(H,7,8);2-3H2,1H3,(H,6,7)/p-2. The zero-order valence-corrected chi connectivity index (χ0v) is 9.17. The molecule has 0 aromatic rings. The van der Waals surface area contributed by atoms with Gasteiger partial charge in [0.2, 0.25) is 0 Å². The molecule has 5 nitrogen and oxygen atoms in total. The second-order valence-corrected chi connectivity index (χ2v) is 2.81. The van der Waals surface area contributed by atoms with Crippen molar-refractivity contribution in [2.45, 2.75) is 33.1 Å². The molecule has 15 heavy (non-hydrogen) atoms. The first-order valence-electron chi connectivity index (χ1n) is 4.79. The number of hydrogen-bond donors (Lipinski definition) is 1. The summed E-state index contributed by atoms with van der Waals surface area (Å²) in [5.41, 5.74) is 0.153. The molecule has 0 spiro atoms. The first kappa shape index (κ1) is 15.9. The Balaban J connectivity index is 0. The van der Waals surface area contributed by atoms with Gasteiger partial charge in [-0.15, -0.1) is 0 Å². The van der Waals surface area contributed by atoms with Crippen molar-refractivity contribution in [3.05, 3.63) is 12.2 Å². The van der Waals surface area contributed by atoms with Crippen molar-refractivity contribution < 1.29 is 19.8 Å². The lowest BCUT2D eigenvalue weighted by Gasteiger charge is -2.02. The predicted molar refractivity (Wildman–Crippen MR) is 52.7 cm³/mol. The molecule has 0 aliphatic rings. The molecule has 0 heterocycles. The number of amides is 1. The molecule has 0 saturated carbocycles. The van der Waals surface area contributed by atoms with E-state index in [4.69, 9.17) is 0 Å². The summed E-state index contributed by atoms with van der Waals surface area (Å²) in [5, 5.41) is 21.5. The van der Waals surface area contributed by atoms with Crippen molar-refractivity contribution in [1.29, 1.82) is 0 Å². The van der Waals surface area contributed by atoms with Crippen molar-refractivity contribution in [3.8, 4) is 0 Å². The number of carbonyl (C=O) groups is 2. The van der Waals surface area contributed by atoms with Gasteiger partial charge >= 0.3 is 0 Å². The third-order valence-corrected chi connectivity index (χ3v) is 1.52. The van der Waals surface area contributed by atoms with E-state index in [1.807, 2.05) is 6.92 Å². The van der Waals surface area contributed by atoms with Crippen molar-refractivity contribution in [2.24, 2.45) is 0 Å². The van der Waals surface area contributed by atoms with Gasteiger partial charge in [-0.1, -0.05) is 26.8 Å². The van der Waals surface area contributed by atoms with E-state index in [1.165, 1.54) is 0 Å². The first-order chi connectivity index (χ1) is 6.95. The summed E-state index contributed by atoms with van der Waals surface area (Å²) in [6.45, 7) is 7.44. The fourth-order valence-corrected chi connectivity index (χ4v) is 0.512. The van der Waals surface area contributed by atoms with Gasteiger partial charge in [-0.25, -0.2) is 0 Å². The fraction of sp³-hybridized carbons (Fsp3) is 0.600. The number of carboxylic acids is 1. The molecule has 0 fully saturated rings. The monoisotopic (exact) mass is 215 g/mol. The summed E-state index contributed by atoms with van der Waals surface area (Å²) in [7, 11) is 0. The minimum atomic E-state index is -1.18. The Morgan fingerprint density at radius 1 is 1.27 bits per heavy atom. The molecule has 0 saturated heterocycles. The second-order valence-electron chi connectivity index (χ2n) is 2.81. The lowest BCUT2D eigenvalue weighted by atomic mass is 10.2. The van der Waals surface area contributed by atoms with Crippen molar-refractivity contribution in [2.75, 3.05) is 6.54 Å². The third kappa shape index (κ3) is 15.3. The van der Waals surface area contributed by atoms with E-state index in [1.54, 1.807) is 6.92 Å². The van der Waals surface area contributed by atoms with Crippen LogP contribution in [0.15, 0.2) is 12.2 Å². The van der Waals surface area contributed by atoms with Gasteiger partial charge in [0.25, 0.3) is 0 Å². The van der Waals surface area contributed by atoms with Crippen LogP contribution in [0.25, 0.3) is 0 Å². The molecule has 88 valence electrons. The highest BCUT2D eigenvalue weighted by atomic mass is 16.4. The van der Waals surface area contributed by atoms with Gasteiger partial charge in [-0.2, -0.15) is 0 Å². The maximum absolute atomic E-state index is 9.72. The van der Waals surface area contributed by atoms with Crippen LogP contribution in [0.3, 0.4) is 0 Å². The second kappa shape index (κ2) is 10.6. The summed E-state index contributed by atoms with van der Waals surface area (Å²) in [6.07, 6.45) is 1.16. The highest BCUT2D eigenvalue weighted by molar-refractivity contribution is 5.83. The van der Waals surface area contributed by atoms with E-state index in [0.717, 1.165) is 12.8 Å². The van der Waals surface area contributed by atoms with E-state index in [2.05, 4.69) is 11.9 Å². The minimum Gasteiger partial charge on any atom is -0.545 e. The van der Waals surface area contributed by atoms with Crippen LogP contribution in [0.4, 0.5) is 4.79 Å². The molecule has 0 aliphatic carbocycles. The Morgan fingerprint density at radius 3 is 2.00 bits per heavy atom. The minimum absolute atomic E-state index is 0.153. The third-order valence-electron chi connectivity index (χ3n) is 1.52. The molecule has 0 aromatic carbocycles. The number of hydrogen-bond acceptors (Lipinski definition) is 4. The van der Waals surface area contributed by atoms with E-state index >= 15 is 0 Å². The molecule has 0 aromatic heterocycles. The van der Waals surface area contributed by atoms with Crippen LogP contribution in [0.2, 0.25) is 0 Å². The summed E-state index contributed by atoms with van der Waals surface area (Å²) < 4.78 is 0. The highest BCUT2D eigenvalue weighted by Gasteiger charge is 1.84. The summed E-state index contributed by atoms with van der Waals surface area (Å²) >= 11 is 0. The Kier molecular flexibility index (Phi) is 11.2. The SMILES string of the molecule is C=C(CC)C(=O)[O-].CCCCNC(=O)[O-]. The molecule has 0 unspecified atom stereocenters. The van der Waals surface area contributed by atoms with Crippen LogP contribution in [-0.4, -0.2) is 18.6 Å². The number of unbranched alkanes of at least 4 members (excludes halogenated alkanes) is 1. The van der Waals surface area contributed by atoms with Crippen molar-refractivity contribution >= 4 is 12.1 Å². The largest absolute Gasteiger partial charge is 0.545 e. The van der Waals surface area contributed by atoms with Crippen LogP contribution < -0.4 is 15.5 Å². The van der Waals surface area contributed by atoms with Gasteiger partial charge in [-0.05, 0) is 18.4 Å². The summed E-state index contributed by atoms with van der Waals surface area (Å²) in [4.78, 5) is 19.4. The number of carboxylic acid groups (broad SMARTS) is 2. The quantitative estimate of drug-likeness (QED) is 0.490. The van der Waals surface area contributed by atoms with E-state index < -0.39 is 12.1 Å². The molecule has 0 rings (SSSR count). The molecule has 5 heteroatoms. The summed E-state index contributed by atoms with van der Waals surface area (Å²) in [6, 6.07) is 0. The number of aliphatic carboxylic acids is 1. The van der Waals surface area contributed by atoms with Crippen LogP contribution in [-0.2, 0) is 4.79 Å². The normalized spacial score (nSPS) is 8.40. The topological polar surface area (TPSA) is 92.3 Å². The van der Waals surface area contributed by atoms with Gasteiger partial charge in [0.1, 0.15) is 6.09 Å². The summed E-state index contributed by atoms with van der Waals surface area (Å²) in [5.74, 6) is -1.15. The zero-order chi connectivity index (χ0) is 12.3. The van der Waals surface area contributed by atoms with Gasteiger partial charge in [-0.3, -0.25) is 0 Å². The zero-order valence-electron chi connectivity index (χ0n) is 9.17. The molecule has 1 amide bonds. The van der Waals surface area contributed by atoms with Crippen LogP contribution in [0.1, 0.15) is 33.1 Å². The van der Waals surface area contributed by atoms with Crippen LogP contribution in [0, 0.1) is 0 Å². The predicted octanol–water partition coefficient (Wildman–Crippen LogP) is -0.578. The maximum Gasteiger partial charge on any atom is 0.134 e. The smallest absolute Gasteiger partial charge is 0.134 e. The molecule has 0 atom stereocenters. The number of rotatable bonds is 5. The number of nitrogens with one attached hydrogen (secondary N) is 1. The van der Waals surface area contributed by atoms with E-state index in [0.29, 0.717) is 13.0 Å². The average molecular weight is 215 g/mol. The van der Waals surface area contributed by atoms with Crippen LogP contribution in [0.5, 0.6) is 0 Å². The van der Waals surface area contributed by atoms with Gasteiger partial charge in [0.15, 0.2) is 0 Å². The van der Waals surface area contributed by atoms with E-state index in [-0.39, 0.29) is 5.57 Å². The Hall–Kier alpha value is -1.52. The highest BCUT2D eigenvalue weighted by Crippen LogP contribution is 1.90. The van der Waals surface area contributed by atoms with Gasteiger partial charge in [0.05, 0.1) is 5.97 Å².